The number of halogens is 1. The van der Waals surface area contributed by atoms with Crippen LogP contribution >= 0.6 is 11.6 Å². The number of urea groups is 1. The molecule has 234 valence electrons. The van der Waals surface area contributed by atoms with Crippen molar-refractivity contribution in [1.82, 2.24) is 15.1 Å². The number of fused-ring (bicyclic) bond motifs is 1. The third kappa shape index (κ3) is 6.16. The summed E-state index contributed by atoms with van der Waals surface area (Å²) in [6.45, 7) is 3.62. The van der Waals surface area contributed by atoms with Gasteiger partial charge in [-0.2, -0.15) is 0 Å². The molecular weight excluding hydrogens is 599 g/mol. The van der Waals surface area contributed by atoms with Crippen molar-refractivity contribution in [2.24, 2.45) is 5.73 Å². The molecule has 1 fully saturated rings. The van der Waals surface area contributed by atoms with E-state index in [1.165, 1.54) is 11.0 Å². The predicted octanol–water partition coefficient (Wildman–Crippen LogP) is 1.36. The molecule has 14 nitrogen and oxygen atoms in total. The van der Waals surface area contributed by atoms with E-state index in [2.05, 4.69) is 5.32 Å². The number of carboxylic acid groups (broad SMARTS) is 1. The molecule has 0 bridgehead atoms. The van der Waals surface area contributed by atoms with Crippen molar-refractivity contribution >= 4 is 48.3 Å². The number of amides is 4. The molecule has 16 heteroatoms. The normalized spacial score (nSPS) is 18.9. The van der Waals surface area contributed by atoms with Crippen LogP contribution in [0.2, 0.25) is 10.8 Å². The van der Waals surface area contributed by atoms with E-state index in [1.54, 1.807) is 26.0 Å². The van der Waals surface area contributed by atoms with E-state index in [9.17, 15) is 44.3 Å². The number of ketones is 1. The number of rotatable bonds is 9. The van der Waals surface area contributed by atoms with Gasteiger partial charge in [-0.05, 0) is 50.4 Å². The number of piperazine rings is 1. The minimum atomic E-state index is -1.62. The minimum Gasteiger partial charge on any atom is -0.535 e. The van der Waals surface area contributed by atoms with Crippen molar-refractivity contribution in [2.45, 2.75) is 51.0 Å². The van der Waals surface area contributed by atoms with Crippen molar-refractivity contribution in [3.63, 3.8) is 0 Å². The van der Waals surface area contributed by atoms with E-state index in [1.807, 2.05) is 0 Å². The molecule has 3 atom stereocenters. The van der Waals surface area contributed by atoms with Crippen LogP contribution in [0.1, 0.15) is 52.9 Å². The number of aromatic carboxylic acids is 1. The van der Waals surface area contributed by atoms with Crippen molar-refractivity contribution in [3.8, 4) is 17.2 Å². The van der Waals surface area contributed by atoms with E-state index in [4.69, 9.17) is 22.0 Å². The second kappa shape index (κ2) is 13.1. The molecule has 1 saturated heterocycles. The van der Waals surface area contributed by atoms with Gasteiger partial charge in [0.05, 0.1) is 11.1 Å². The van der Waals surface area contributed by atoms with Gasteiger partial charge in [0.15, 0.2) is 17.3 Å². The molecule has 4 amide bonds. The van der Waals surface area contributed by atoms with Crippen LogP contribution in [0.3, 0.4) is 0 Å². The molecule has 2 heterocycles. The summed E-state index contributed by atoms with van der Waals surface area (Å²) in [5.74, 6) is -6.25. The Morgan fingerprint density at radius 2 is 1.89 bits per heavy atom. The Bertz CT molecular complexity index is 1520. The summed E-state index contributed by atoms with van der Waals surface area (Å²) in [7, 11) is -1.60. The molecule has 2 aliphatic heterocycles. The van der Waals surface area contributed by atoms with Crippen LogP contribution < -0.4 is 15.7 Å². The largest absolute Gasteiger partial charge is 0.535 e. The summed E-state index contributed by atoms with van der Waals surface area (Å²) in [5.41, 5.74) is 6.32. The van der Waals surface area contributed by atoms with E-state index in [0.29, 0.717) is 16.0 Å². The van der Waals surface area contributed by atoms with E-state index in [0.717, 1.165) is 6.07 Å². The number of likely N-dealkylation sites (N-methyl/N-ethyl adjacent to an activating group) is 1. The number of carbonyl (C=O) groups excluding carboxylic acids is 4. The fourth-order valence-corrected chi connectivity index (χ4v) is 5.79. The maximum absolute atomic E-state index is 13.8. The number of nitrogens with zero attached hydrogens (tertiary/aromatic N) is 2. The molecule has 0 aliphatic carbocycles. The highest BCUT2D eigenvalue weighted by Crippen LogP contribution is 2.41. The second-order valence-corrected chi connectivity index (χ2v) is 11.0. The molecule has 2 aromatic rings. The second-order valence-electron chi connectivity index (χ2n) is 10.7. The zero-order valence-electron chi connectivity index (χ0n) is 23.9. The number of phenolic OH excluding ortho intramolecular Hbond substituents is 2. The van der Waals surface area contributed by atoms with Crippen molar-refractivity contribution < 1.29 is 49.0 Å². The Morgan fingerprint density at radius 1 is 1.18 bits per heavy atom. The number of nitrogens with two attached hydrogens (primary N) is 1. The van der Waals surface area contributed by atoms with Gasteiger partial charge in [0, 0.05) is 30.9 Å². The lowest BCUT2D eigenvalue weighted by Crippen LogP contribution is -2.63. The highest BCUT2D eigenvalue weighted by molar-refractivity contribution is 6.47. The zero-order chi connectivity index (χ0) is 32.5. The number of hydrogen-bond donors (Lipinski definition) is 6. The molecule has 0 spiro atoms. The number of carbonyl (C=O) groups is 5. The van der Waals surface area contributed by atoms with Gasteiger partial charge in [-0.1, -0.05) is 29.8 Å². The van der Waals surface area contributed by atoms with Crippen LogP contribution in [-0.2, 0) is 20.8 Å². The Hall–Kier alpha value is -4.34. The lowest BCUT2D eigenvalue weighted by Gasteiger charge is -2.39. The van der Waals surface area contributed by atoms with Crippen LogP contribution in [-0.4, -0.2) is 92.5 Å². The van der Waals surface area contributed by atoms with E-state index < -0.39 is 77.6 Å². The van der Waals surface area contributed by atoms with Crippen LogP contribution in [0.25, 0.3) is 0 Å². The number of benzene rings is 2. The van der Waals surface area contributed by atoms with Crippen molar-refractivity contribution in [2.75, 3.05) is 19.6 Å². The maximum atomic E-state index is 13.8. The fourth-order valence-electron chi connectivity index (χ4n) is 5.52. The Kier molecular flexibility index (Phi) is 9.71. The Morgan fingerprint density at radius 3 is 2.52 bits per heavy atom. The number of phenols is 2. The average Bonchev–Trinajstić information content (AvgIpc) is 2.97. The van der Waals surface area contributed by atoms with E-state index >= 15 is 0 Å². The Balaban J connectivity index is 1.66. The summed E-state index contributed by atoms with van der Waals surface area (Å²) in [6.07, 6.45) is -0.212. The molecule has 2 aliphatic rings. The van der Waals surface area contributed by atoms with Crippen LogP contribution in [0.15, 0.2) is 24.3 Å². The molecule has 7 N–H and O–H groups in total. The first-order valence-electron chi connectivity index (χ1n) is 13.9. The topological polar surface area (TPSA) is 220 Å². The SMILES string of the molecule is CCN1C[C@H](CCN)N(C(=O)NC(C(=O)C[C@H]2Cc3ccc(C)c(C(=O)O)c3OB2O)c2ccc(O)c(O)c2Cl)C(=O)C1=O. The number of carboxylic acids is 1. The Labute approximate surface area is 257 Å². The van der Waals surface area contributed by atoms with Gasteiger partial charge >= 0.3 is 30.9 Å². The summed E-state index contributed by atoms with van der Waals surface area (Å²) in [4.78, 5) is 66.9. The molecule has 44 heavy (non-hydrogen) atoms. The lowest BCUT2D eigenvalue weighted by molar-refractivity contribution is -0.156. The molecule has 0 radical (unpaired) electrons. The molecule has 0 saturated carbocycles. The number of imide groups is 1. The molecular formula is C28H32BClN4O10. The maximum Gasteiger partial charge on any atom is 0.526 e. The van der Waals surface area contributed by atoms with Gasteiger partial charge in [-0.25, -0.2) is 9.59 Å². The van der Waals surface area contributed by atoms with Gasteiger partial charge in [0.1, 0.15) is 17.4 Å². The fraction of sp³-hybridized carbons (Fsp3) is 0.393. The van der Waals surface area contributed by atoms with Crippen LogP contribution in [0, 0.1) is 6.92 Å². The zero-order valence-corrected chi connectivity index (χ0v) is 24.7. The summed E-state index contributed by atoms with van der Waals surface area (Å²) < 4.78 is 5.56. The third-order valence-corrected chi connectivity index (χ3v) is 8.26. The third-order valence-electron chi connectivity index (χ3n) is 7.86. The monoisotopic (exact) mass is 630 g/mol. The van der Waals surface area contributed by atoms with Gasteiger partial charge in [0.2, 0.25) is 0 Å². The molecule has 0 aromatic heterocycles. The summed E-state index contributed by atoms with van der Waals surface area (Å²) in [5, 5.41) is 42.6. The first-order valence-corrected chi connectivity index (χ1v) is 14.2. The number of Topliss-reactive ketones (excluding diaryl/α,β-unsaturated/α-hetero) is 1. The number of hydrogen-bond acceptors (Lipinski definition) is 10. The summed E-state index contributed by atoms with van der Waals surface area (Å²) >= 11 is 6.27. The lowest BCUT2D eigenvalue weighted by atomic mass is 9.64. The van der Waals surface area contributed by atoms with Crippen LogP contribution in [0.4, 0.5) is 4.79 Å². The van der Waals surface area contributed by atoms with Gasteiger partial charge in [0.25, 0.3) is 0 Å². The summed E-state index contributed by atoms with van der Waals surface area (Å²) in [6, 6.07) is 1.97. The highest BCUT2D eigenvalue weighted by atomic mass is 35.5. The standard InChI is InChI=1S/C28H32BClN4O10/c1-3-33-12-16(8-9-31)34(26(39)25(33)38)28(42)32-22(17-6-7-18(35)23(37)21(17)30)19(36)11-15-10-14-5-4-13(2)20(27(40)41)24(14)44-29(15)43/h4-7,15-16,22,35,37,43H,3,8-12,31H2,1-2H3,(H,32,42)(H,40,41)/t15-,16+,22?/m1/s1. The van der Waals surface area contributed by atoms with E-state index in [-0.39, 0.29) is 49.4 Å². The van der Waals surface area contributed by atoms with Gasteiger partial charge < -0.3 is 40.9 Å². The molecule has 4 rings (SSSR count). The predicted molar refractivity (Wildman–Crippen MR) is 156 cm³/mol. The molecule has 1 unspecified atom stereocenters. The quantitative estimate of drug-likeness (QED) is 0.132. The van der Waals surface area contributed by atoms with Crippen molar-refractivity contribution in [3.05, 3.63) is 51.5 Å². The number of aromatic hydroxyl groups is 2. The highest BCUT2D eigenvalue weighted by Gasteiger charge is 2.44. The number of aryl methyl sites for hydroxylation is 1. The number of nitrogens with one attached hydrogen (secondary N) is 1. The van der Waals surface area contributed by atoms with Crippen LogP contribution in [0.5, 0.6) is 17.2 Å². The van der Waals surface area contributed by atoms with Gasteiger partial charge in [-0.3, -0.25) is 19.3 Å². The first kappa shape index (κ1) is 32.6. The van der Waals surface area contributed by atoms with Crippen molar-refractivity contribution in [1.29, 1.82) is 0 Å². The van der Waals surface area contributed by atoms with Gasteiger partial charge in [-0.15, -0.1) is 0 Å². The minimum absolute atomic E-state index is 0.00889. The first-order chi connectivity index (χ1) is 20.8. The average molecular weight is 631 g/mol. The molecule has 2 aromatic carbocycles. The smallest absolute Gasteiger partial charge is 0.526 e.